The summed E-state index contributed by atoms with van der Waals surface area (Å²) in [6.45, 7) is 8.40. The van der Waals surface area contributed by atoms with Gasteiger partial charge < -0.3 is 14.8 Å². The number of hydrogen-bond donors (Lipinski definition) is 1. The first kappa shape index (κ1) is 29.4. The summed E-state index contributed by atoms with van der Waals surface area (Å²) in [6.07, 6.45) is 1.37. The monoisotopic (exact) mass is 605 g/mol. The van der Waals surface area contributed by atoms with Gasteiger partial charge in [-0.2, -0.15) is 13.2 Å². The second kappa shape index (κ2) is 10.2. The minimum atomic E-state index is -4.67. The Morgan fingerprint density at radius 3 is 2.43 bits per heavy atom. The Morgan fingerprint density at radius 1 is 1.07 bits per heavy atom. The lowest BCUT2D eigenvalue weighted by atomic mass is 10.0. The van der Waals surface area contributed by atoms with Gasteiger partial charge in [-0.3, -0.25) is 19.4 Å². The van der Waals surface area contributed by atoms with E-state index in [0.717, 1.165) is 12.5 Å². The Kier molecular flexibility index (Phi) is 6.82. The first-order valence-corrected chi connectivity index (χ1v) is 14.1. The fraction of sp³-hybridized carbons (Fsp3) is 0.387. The maximum atomic E-state index is 13.9. The molecular weight excluding hydrogens is 575 g/mol. The number of halogens is 3. The number of likely N-dealkylation sites (tertiary alicyclic amines) is 1. The zero-order valence-corrected chi connectivity index (χ0v) is 24.8. The van der Waals surface area contributed by atoms with Crippen LogP contribution in [0.1, 0.15) is 59.8 Å². The predicted octanol–water partition coefficient (Wildman–Crippen LogP) is 5.05. The van der Waals surface area contributed by atoms with Crippen LogP contribution in [0.3, 0.4) is 0 Å². The lowest BCUT2D eigenvalue weighted by molar-refractivity contribution is -0.141. The molecule has 6 rings (SSSR count). The van der Waals surface area contributed by atoms with Crippen molar-refractivity contribution in [2.24, 2.45) is 5.41 Å². The van der Waals surface area contributed by atoms with Crippen LogP contribution in [0.5, 0.6) is 0 Å². The third-order valence-corrected chi connectivity index (χ3v) is 8.65. The number of Topliss-reactive ketones (excluding diaryl/α,β-unsaturated/α-hetero) is 1. The maximum Gasteiger partial charge on any atom is 0.433 e. The molecule has 2 aliphatic rings. The average Bonchev–Trinajstić information content (AvgIpc) is 3.30. The van der Waals surface area contributed by atoms with Gasteiger partial charge in [-0.1, -0.05) is 13.0 Å². The van der Waals surface area contributed by atoms with E-state index < -0.39 is 23.8 Å². The summed E-state index contributed by atoms with van der Waals surface area (Å²) < 4.78 is 41.5. The number of piperidine rings is 1. The van der Waals surface area contributed by atoms with Crippen molar-refractivity contribution in [3.63, 3.8) is 0 Å². The molecule has 0 radical (unpaired) electrons. The standard InChI is InChI=1S/C31H30F3N7O3/c1-15-6-7-24(31(32,33)34)38-28(15)39-29(44)23-9-30(5)10-25(30)41(23)26(43)14-40-13-21(17(3)42)20-8-22(37-16(2)27(20)40)19-11-35-18(4)36-12-19/h6-8,11-13,23,25H,9-10,14H2,1-5H3,(H,38,39,44)/t23-,25+,30-/m0/s1. The van der Waals surface area contributed by atoms with Gasteiger partial charge in [0.15, 0.2) is 5.78 Å². The molecule has 0 aromatic carbocycles. The number of aryl methyl sites for hydroxylation is 3. The van der Waals surface area contributed by atoms with Gasteiger partial charge in [-0.15, -0.1) is 0 Å². The molecule has 1 N–H and O–H groups in total. The number of nitrogens with one attached hydrogen (secondary N) is 1. The van der Waals surface area contributed by atoms with Gasteiger partial charge in [-0.05, 0) is 63.6 Å². The molecule has 0 spiro atoms. The molecule has 4 aromatic heterocycles. The summed E-state index contributed by atoms with van der Waals surface area (Å²) >= 11 is 0. The molecule has 13 heteroatoms. The molecule has 5 heterocycles. The molecule has 4 aromatic rings. The molecule has 1 aliphatic carbocycles. The van der Waals surface area contributed by atoms with Gasteiger partial charge in [0, 0.05) is 41.1 Å². The van der Waals surface area contributed by atoms with E-state index >= 15 is 0 Å². The van der Waals surface area contributed by atoms with Gasteiger partial charge in [0.05, 0.1) is 16.9 Å². The molecule has 2 fully saturated rings. The maximum absolute atomic E-state index is 13.9. The lowest BCUT2D eigenvalue weighted by Gasteiger charge is -2.27. The number of fused-ring (bicyclic) bond motifs is 2. The Labute approximate surface area is 250 Å². The molecule has 44 heavy (non-hydrogen) atoms. The Hall–Kier alpha value is -4.68. The van der Waals surface area contributed by atoms with Crippen molar-refractivity contribution in [3.8, 4) is 11.3 Å². The fourth-order valence-electron chi connectivity index (χ4n) is 6.20. The van der Waals surface area contributed by atoms with E-state index in [1.54, 1.807) is 54.9 Å². The smallest absolute Gasteiger partial charge is 0.336 e. The minimum Gasteiger partial charge on any atom is -0.336 e. The molecule has 228 valence electrons. The van der Waals surface area contributed by atoms with E-state index in [2.05, 4.69) is 20.3 Å². The SMILES string of the molecule is CC(=O)c1cn(CC(=O)N2[C@H](C(=O)Nc3nc(C(F)(F)F)ccc3C)C[C@@]3(C)C[C@@H]23)c2c(C)nc(-c3cnc(C)nc3)cc12. The van der Waals surface area contributed by atoms with Crippen LogP contribution in [0, 0.1) is 26.2 Å². The number of nitrogens with zero attached hydrogens (tertiary/aromatic N) is 6. The highest BCUT2D eigenvalue weighted by Gasteiger charge is 2.64. The largest absolute Gasteiger partial charge is 0.433 e. The topological polar surface area (TPSA) is 123 Å². The molecule has 10 nitrogen and oxygen atoms in total. The fourth-order valence-corrected chi connectivity index (χ4v) is 6.20. The van der Waals surface area contributed by atoms with Gasteiger partial charge in [-0.25, -0.2) is 15.0 Å². The van der Waals surface area contributed by atoms with E-state index in [1.807, 2.05) is 6.92 Å². The average molecular weight is 606 g/mol. The van der Waals surface area contributed by atoms with E-state index in [0.29, 0.717) is 51.2 Å². The predicted molar refractivity (Wildman–Crippen MR) is 155 cm³/mol. The molecule has 1 saturated heterocycles. The lowest BCUT2D eigenvalue weighted by Crippen LogP contribution is -2.46. The van der Waals surface area contributed by atoms with Crippen molar-refractivity contribution in [3.05, 3.63) is 65.1 Å². The summed E-state index contributed by atoms with van der Waals surface area (Å²) in [5, 5.41) is 3.17. The van der Waals surface area contributed by atoms with Crippen LogP contribution in [0.25, 0.3) is 22.2 Å². The second-order valence-electron chi connectivity index (χ2n) is 12.0. The Morgan fingerprint density at radius 2 is 1.77 bits per heavy atom. The van der Waals surface area contributed by atoms with Gasteiger partial charge in [0.2, 0.25) is 11.8 Å². The van der Waals surface area contributed by atoms with Crippen LogP contribution in [-0.4, -0.2) is 59.1 Å². The number of anilines is 1. The highest BCUT2D eigenvalue weighted by Crippen LogP contribution is 2.59. The number of ketones is 1. The number of amides is 2. The van der Waals surface area contributed by atoms with E-state index in [-0.39, 0.29) is 35.5 Å². The quantitative estimate of drug-likeness (QED) is 0.305. The van der Waals surface area contributed by atoms with E-state index in [4.69, 9.17) is 4.98 Å². The molecular formula is C31H30F3N7O3. The summed E-state index contributed by atoms with van der Waals surface area (Å²) in [5.41, 5.74) is 1.89. The van der Waals surface area contributed by atoms with Crippen LogP contribution in [-0.2, 0) is 22.3 Å². The van der Waals surface area contributed by atoms with E-state index in [9.17, 15) is 27.6 Å². The second-order valence-corrected chi connectivity index (χ2v) is 12.0. The van der Waals surface area contributed by atoms with Gasteiger partial charge >= 0.3 is 6.18 Å². The van der Waals surface area contributed by atoms with Crippen LogP contribution in [0.4, 0.5) is 19.0 Å². The molecule has 0 unspecified atom stereocenters. The Balaban J connectivity index is 1.30. The summed E-state index contributed by atoms with van der Waals surface area (Å²) in [6, 6.07) is 2.82. The zero-order chi connectivity index (χ0) is 31.7. The third-order valence-electron chi connectivity index (χ3n) is 8.65. The van der Waals surface area contributed by atoms with Crippen molar-refractivity contribution < 1.29 is 27.6 Å². The highest BCUT2D eigenvalue weighted by atomic mass is 19.4. The molecule has 1 aliphatic heterocycles. The number of carbonyl (C=O) groups excluding carboxylic acids is 3. The van der Waals surface area contributed by atoms with E-state index in [1.165, 1.54) is 13.0 Å². The summed E-state index contributed by atoms with van der Waals surface area (Å²) in [7, 11) is 0. The molecule has 3 atom stereocenters. The normalized spacial score (nSPS) is 21.0. The van der Waals surface area contributed by atoms with Crippen molar-refractivity contribution >= 4 is 34.3 Å². The Bertz CT molecular complexity index is 1850. The minimum absolute atomic E-state index is 0.156. The third kappa shape index (κ3) is 5.09. The molecule has 2 amide bonds. The number of pyridine rings is 2. The summed E-state index contributed by atoms with van der Waals surface area (Å²) in [4.78, 5) is 58.4. The van der Waals surface area contributed by atoms with Crippen molar-refractivity contribution in [2.75, 3.05) is 5.32 Å². The highest BCUT2D eigenvalue weighted by molar-refractivity contribution is 6.08. The van der Waals surface area contributed by atoms with Crippen LogP contribution in [0.2, 0.25) is 0 Å². The summed E-state index contributed by atoms with van der Waals surface area (Å²) in [5.74, 6) is -0.696. The number of alkyl halides is 3. The van der Waals surface area contributed by atoms with Gasteiger partial charge in [0.25, 0.3) is 0 Å². The van der Waals surface area contributed by atoms with Crippen molar-refractivity contribution in [1.82, 2.24) is 29.4 Å². The number of aromatic nitrogens is 5. The number of hydrogen-bond acceptors (Lipinski definition) is 7. The zero-order valence-electron chi connectivity index (χ0n) is 24.8. The molecule has 0 bridgehead atoms. The first-order chi connectivity index (χ1) is 20.7. The van der Waals surface area contributed by atoms with Crippen LogP contribution < -0.4 is 5.32 Å². The molecule has 1 saturated carbocycles. The van der Waals surface area contributed by atoms with Crippen LogP contribution >= 0.6 is 0 Å². The van der Waals surface area contributed by atoms with Crippen LogP contribution in [0.15, 0.2) is 36.8 Å². The van der Waals surface area contributed by atoms with Crippen molar-refractivity contribution in [2.45, 2.75) is 72.3 Å². The number of carbonyl (C=O) groups is 3. The van der Waals surface area contributed by atoms with Crippen molar-refractivity contribution in [1.29, 1.82) is 0 Å². The first-order valence-electron chi connectivity index (χ1n) is 14.1. The van der Waals surface area contributed by atoms with Gasteiger partial charge in [0.1, 0.15) is 29.9 Å². The number of rotatable bonds is 6.